The minimum Gasteiger partial charge on any atom is -0.462 e. The van der Waals surface area contributed by atoms with E-state index in [-0.39, 0.29) is 31.1 Å². The normalized spacial score (nSPS) is 12.1. The van der Waals surface area contributed by atoms with E-state index in [0.29, 0.717) is 19.3 Å². The SMILES string of the molecule is CCCCCCCC/C=C\CCCCCCCCCCCC(=O)OCC(COC(=O)CCCCCCCCCC)OC(=O)CCCCCCCCCCC/C=C\CCCCCCCC. The van der Waals surface area contributed by atoms with Crippen molar-refractivity contribution in [2.45, 2.75) is 316 Å². The highest BCUT2D eigenvalue weighted by Crippen LogP contribution is 2.16. The molecule has 0 saturated heterocycles. The fourth-order valence-corrected chi connectivity index (χ4v) is 8.37. The zero-order valence-electron chi connectivity index (χ0n) is 43.1. The molecular weight excluding hydrogens is 793 g/mol. The molecule has 0 aromatic carbocycles. The number of carbonyl (C=O) groups is 3. The average Bonchev–Trinajstić information content (AvgIpc) is 3.29. The van der Waals surface area contributed by atoms with Crippen LogP contribution in [0.3, 0.4) is 0 Å². The van der Waals surface area contributed by atoms with Crippen LogP contribution in [0, 0.1) is 0 Å². The minimum absolute atomic E-state index is 0.0691. The Balaban J connectivity index is 4.21. The first-order valence-corrected chi connectivity index (χ1v) is 28.3. The van der Waals surface area contributed by atoms with E-state index < -0.39 is 6.10 Å². The molecule has 0 heterocycles. The molecule has 0 bridgehead atoms. The van der Waals surface area contributed by atoms with Crippen LogP contribution in [-0.2, 0) is 28.6 Å². The Labute approximate surface area is 398 Å². The van der Waals surface area contributed by atoms with E-state index in [2.05, 4.69) is 45.1 Å². The summed E-state index contributed by atoms with van der Waals surface area (Å²) in [4.78, 5) is 38.0. The Morgan fingerprint density at radius 1 is 0.297 bits per heavy atom. The maximum Gasteiger partial charge on any atom is 0.306 e. The van der Waals surface area contributed by atoms with Crippen molar-refractivity contribution in [1.82, 2.24) is 0 Å². The molecule has 0 aliphatic heterocycles. The topological polar surface area (TPSA) is 78.9 Å². The minimum atomic E-state index is -0.768. The Morgan fingerprint density at radius 3 is 0.781 bits per heavy atom. The standard InChI is InChI=1S/C58H108O6/c1-4-7-10-13-16-19-21-23-25-27-29-31-33-35-37-39-42-45-48-51-57(60)63-54-55(53-62-56(59)50-47-44-41-18-15-12-9-6-3)64-58(61)52-49-46-43-40-38-36-34-32-30-28-26-24-22-20-17-14-11-8-5-2/h23-26,55H,4-22,27-54H2,1-3H3/b25-23-,26-24-. The van der Waals surface area contributed by atoms with Gasteiger partial charge in [-0.3, -0.25) is 14.4 Å². The van der Waals surface area contributed by atoms with Crippen LogP contribution in [0.15, 0.2) is 24.3 Å². The molecule has 1 unspecified atom stereocenters. The second-order valence-corrected chi connectivity index (χ2v) is 19.2. The van der Waals surface area contributed by atoms with Crippen LogP contribution in [0.1, 0.15) is 310 Å². The third-order valence-corrected chi connectivity index (χ3v) is 12.7. The van der Waals surface area contributed by atoms with Gasteiger partial charge < -0.3 is 14.2 Å². The van der Waals surface area contributed by atoms with Crippen molar-refractivity contribution in [3.8, 4) is 0 Å². The van der Waals surface area contributed by atoms with Gasteiger partial charge in [0.2, 0.25) is 0 Å². The van der Waals surface area contributed by atoms with E-state index in [9.17, 15) is 14.4 Å². The van der Waals surface area contributed by atoms with Crippen molar-refractivity contribution < 1.29 is 28.6 Å². The summed E-state index contributed by atoms with van der Waals surface area (Å²) in [6.07, 6.45) is 61.8. The molecule has 376 valence electrons. The summed E-state index contributed by atoms with van der Waals surface area (Å²) in [7, 11) is 0. The van der Waals surface area contributed by atoms with Crippen LogP contribution < -0.4 is 0 Å². The molecular formula is C58H108O6. The van der Waals surface area contributed by atoms with Crippen molar-refractivity contribution in [2.75, 3.05) is 13.2 Å². The van der Waals surface area contributed by atoms with Gasteiger partial charge in [-0.05, 0) is 70.6 Å². The molecule has 0 aliphatic carbocycles. The van der Waals surface area contributed by atoms with Crippen LogP contribution in [0.5, 0.6) is 0 Å². The number of rotatable bonds is 52. The van der Waals surface area contributed by atoms with Crippen LogP contribution in [-0.4, -0.2) is 37.2 Å². The molecule has 6 heteroatoms. The van der Waals surface area contributed by atoms with Gasteiger partial charge in [0, 0.05) is 19.3 Å². The molecule has 0 aliphatic rings. The van der Waals surface area contributed by atoms with E-state index in [1.165, 1.54) is 212 Å². The number of unbranched alkanes of at least 4 members (excludes halogenated alkanes) is 37. The Bertz CT molecular complexity index is 1040. The zero-order valence-corrected chi connectivity index (χ0v) is 43.1. The monoisotopic (exact) mass is 901 g/mol. The number of carbonyl (C=O) groups excluding carboxylic acids is 3. The number of allylic oxidation sites excluding steroid dienone is 4. The lowest BCUT2D eigenvalue weighted by atomic mass is 10.1. The summed E-state index contributed by atoms with van der Waals surface area (Å²) in [5.41, 5.74) is 0. The molecule has 0 aromatic heterocycles. The number of ether oxygens (including phenoxy) is 3. The molecule has 64 heavy (non-hydrogen) atoms. The number of hydrogen-bond donors (Lipinski definition) is 0. The first kappa shape index (κ1) is 61.9. The summed E-state index contributed by atoms with van der Waals surface area (Å²) in [6, 6.07) is 0. The summed E-state index contributed by atoms with van der Waals surface area (Å²) in [5, 5.41) is 0. The molecule has 0 N–H and O–H groups in total. The molecule has 0 saturated carbocycles. The van der Waals surface area contributed by atoms with E-state index in [4.69, 9.17) is 14.2 Å². The highest BCUT2D eigenvalue weighted by molar-refractivity contribution is 5.71. The van der Waals surface area contributed by atoms with Gasteiger partial charge in [-0.1, -0.05) is 244 Å². The third kappa shape index (κ3) is 50.9. The molecule has 0 amide bonds. The van der Waals surface area contributed by atoms with Crippen molar-refractivity contribution in [1.29, 1.82) is 0 Å². The molecule has 0 aromatic rings. The first-order chi connectivity index (χ1) is 31.5. The van der Waals surface area contributed by atoms with Gasteiger partial charge in [0.25, 0.3) is 0 Å². The van der Waals surface area contributed by atoms with E-state index in [1.54, 1.807) is 0 Å². The maximum atomic E-state index is 12.8. The summed E-state index contributed by atoms with van der Waals surface area (Å²) in [6.45, 7) is 6.64. The lowest BCUT2D eigenvalue weighted by Gasteiger charge is -2.18. The molecule has 0 rings (SSSR count). The second kappa shape index (κ2) is 53.5. The molecule has 1 atom stereocenters. The van der Waals surface area contributed by atoms with Crippen LogP contribution in [0.2, 0.25) is 0 Å². The van der Waals surface area contributed by atoms with Gasteiger partial charge in [-0.2, -0.15) is 0 Å². The third-order valence-electron chi connectivity index (χ3n) is 12.7. The van der Waals surface area contributed by atoms with Crippen molar-refractivity contribution in [2.24, 2.45) is 0 Å². The van der Waals surface area contributed by atoms with Gasteiger partial charge in [0.05, 0.1) is 0 Å². The van der Waals surface area contributed by atoms with Gasteiger partial charge in [0.15, 0.2) is 6.10 Å². The Hall–Kier alpha value is -2.11. The highest BCUT2D eigenvalue weighted by Gasteiger charge is 2.19. The van der Waals surface area contributed by atoms with Crippen LogP contribution in [0.25, 0.3) is 0 Å². The van der Waals surface area contributed by atoms with Gasteiger partial charge in [-0.25, -0.2) is 0 Å². The van der Waals surface area contributed by atoms with E-state index in [1.807, 2.05) is 0 Å². The predicted molar refractivity (Wildman–Crippen MR) is 275 cm³/mol. The Kier molecular flexibility index (Phi) is 51.7. The fraction of sp³-hybridized carbons (Fsp3) is 0.879. The van der Waals surface area contributed by atoms with E-state index >= 15 is 0 Å². The zero-order chi connectivity index (χ0) is 46.5. The van der Waals surface area contributed by atoms with Crippen molar-refractivity contribution in [3.63, 3.8) is 0 Å². The predicted octanol–water partition coefficient (Wildman–Crippen LogP) is 18.7. The molecule has 6 nitrogen and oxygen atoms in total. The number of hydrogen-bond acceptors (Lipinski definition) is 6. The quantitative estimate of drug-likeness (QED) is 0.0262. The molecule has 0 radical (unpaired) electrons. The maximum absolute atomic E-state index is 12.8. The lowest BCUT2D eigenvalue weighted by molar-refractivity contribution is -0.167. The second-order valence-electron chi connectivity index (χ2n) is 19.2. The van der Waals surface area contributed by atoms with Crippen LogP contribution >= 0.6 is 0 Å². The summed E-state index contributed by atoms with van der Waals surface area (Å²) in [5.74, 6) is -0.861. The molecule has 0 fully saturated rings. The van der Waals surface area contributed by atoms with Crippen LogP contribution in [0.4, 0.5) is 0 Å². The smallest absolute Gasteiger partial charge is 0.306 e. The average molecular weight is 901 g/mol. The summed E-state index contributed by atoms with van der Waals surface area (Å²) < 4.78 is 16.8. The van der Waals surface area contributed by atoms with Gasteiger partial charge in [0.1, 0.15) is 13.2 Å². The van der Waals surface area contributed by atoms with Crippen molar-refractivity contribution in [3.05, 3.63) is 24.3 Å². The number of esters is 3. The van der Waals surface area contributed by atoms with Crippen molar-refractivity contribution >= 4 is 17.9 Å². The van der Waals surface area contributed by atoms with Gasteiger partial charge in [-0.15, -0.1) is 0 Å². The fourth-order valence-electron chi connectivity index (χ4n) is 8.37. The molecule has 0 spiro atoms. The first-order valence-electron chi connectivity index (χ1n) is 28.3. The summed E-state index contributed by atoms with van der Waals surface area (Å²) >= 11 is 0. The highest BCUT2D eigenvalue weighted by atomic mass is 16.6. The van der Waals surface area contributed by atoms with Gasteiger partial charge >= 0.3 is 17.9 Å². The Morgan fingerprint density at radius 2 is 0.516 bits per heavy atom. The lowest BCUT2D eigenvalue weighted by Crippen LogP contribution is -2.30. The van der Waals surface area contributed by atoms with E-state index in [0.717, 1.165) is 57.8 Å². The largest absolute Gasteiger partial charge is 0.462 e.